The lowest BCUT2D eigenvalue weighted by atomic mass is 9.43. The molecule has 32 heavy (non-hydrogen) atoms. The van der Waals surface area contributed by atoms with Crippen LogP contribution >= 0.6 is 0 Å². The van der Waals surface area contributed by atoms with E-state index >= 15 is 0 Å². The summed E-state index contributed by atoms with van der Waals surface area (Å²) in [5.41, 5.74) is 3.90. The number of fused-ring (bicyclic) bond motifs is 3. The first-order valence-electron chi connectivity index (χ1n) is 11.3. The summed E-state index contributed by atoms with van der Waals surface area (Å²) in [5.74, 6) is -0.469. The molecule has 0 aromatic heterocycles. The molecule has 2 aliphatic carbocycles. The van der Waals surface area contributed by atoms with E-state index in [-0.39, 0.29) is 53.9 Å². The van der Waals surface area contributed by atoms with Crippen LogP contribution in [0.1, 0.15) is 74.0 Å². The summed E-state index contributed by atoms with van der Waals surface area (Å²) in [6.07, 6.45) is -2.61. The fourth-order valence-corrected chi connectivity index (χ4v) is 7.21. The van der Waals surface area contributed by atoms with Crippen LogP contribution in [0.3, 0.4) is 0 Å². The van der Waals surface area contributed by atoms with Crippen LogP contribution in [0.25, 0.3) is 0 Å². The van der Waals surface area contributed by atoms with E-state index in [9.17, 15) is 22.8 Å². The van der Waals surface area contributed by atoms with E-state index in [4.69, 9.17) is 10.5 Å². The first-order chi connectivity index (χ1) is 14.7. The van der Waals surface area contributed by atoms with Crippen LogP contribution in [0, 0.1) is 22.7 Å². The topological polar surface area (TPSA) is 81.4 Å². The highest BCUT2D eigenvalue weighted by Gasteiger charge is 2.69. The Morgan fingerprint density at radius 3 is 2.50 bits per heavy atom. The average Bonchev–Trinajstić information content (AvgIpc) is 3.06. The highest BCUT2D eigenvalue weighted by Crippen LogP contribution is 2.66. The lowest BCUT2D eigenvalue weighted by Gasteiger charge is -2.66. The maximum Gasteiger partial charge on any atom is 0.416 e. The molecule has 1 spiro atoms. The monoisotopic (exact) mass is 450 g/mol. The van der Waals surface area contributed by atoms with Crippen LogP contribution in [0.15, 0.2) is 6.07 Å². The van der Waals surface area contributed by atoms with Crippen molar-refractivity contribution in [3.8, 4) is 5.75 Å². The molecule has 2 saturated carbocycles. The summed E-state index contributed by atoms with van der Waals surface area (Å²) >= 11 is 0. The summed E-state index contributed by atoms with van der Waals surface area (Å²) < 4.78 is 49.2. The Morgan fingerprint density at radius 2 is 1.84 bits per heavy atom. The molecule has 1 aromatic carbocycles. The van der Waals surface area contributed by atoms with Crippen LogP contribution in [-0.4, -0.2) is 23.3 Å². The molecular weight excluding hydrogens is 421 g/mol. The Labute approximate surface area is 185 Å². The number of Topliss-reactive ketones (excluding diaryl/α,β-unsaturated/α-hetero) is 1. The van der Waals surface area contributed by atoms with Gasteiger partial charge in [0.25, 0.3) is 5.91 Å². The lowest BCUT2D eigenvalue weighted by Crippen LogP contribution is -2.73. The van der Waals surface area contributed by atoms with Gasteiger partial charge in [0, 0.05) is 46.4 Å². The molecule has 2 heterocycles. The number of ketones is 1. The molecule has 1 unspecified atom stereocenters. The Kier molecular flexibility index (Phi) is 4.26. The van der Waals surface area contributed by atoms with E-state index in [1.54, 1.807) is 0 Å². The molecule has 1 amide bonds. The fraction of sp³-hybridized carbons (Fsp3) is 0.667. The van der Waals surface area contributed by atoms with Gasteiger partial charge in [0.05, 0.1) is 11.6 Å². The van der Waals surface area contributed by atoms with Crippen molar-refractivity contribution in [3.05, 3.63) is 28.3 Å². The molecule has 8 heteroatoms. The number of hydrogen-bond donors (Lipinski definition) is 2. The normalized spacial score (nSPS) is 37.6. The molecule has 174 valence electrons. The first kappa shape index (κ1) is 21.7. The van der Waals surface area contributed by atoms with Crippen molar-refractivity contribution in [3.63, 3.8) is 0 Å². The molecular formula is C24H29F3N2O3. The van der Waals surface area contributed by atoms with Crippen molar-refractivity contribution >= 4 is 11.7 Å². The Balaban J connectivity index is 1.79. The molecule has 5 rings (SSSR count). The maximum atomic E-state index is 14.1. The van der Waals surface area contributed by atoms with Gasteiger partial charge in [0.2, 0.25) is 0 Å². The van der Waals surface area contributed by atoms with E-state index in [1.807, 2.05) is 20.8 Å². The van der Waals surface area contributed by atoms with Crippen molar-refractivity contribution in [1.82, 2.24) is 5.32 Å². The Bertz CT molecular complexity index is 1050. The average molecular weight is 451 g/mol. The Hall–Kier alpha value is -2.09. The van der Waals surface area contributed by atoms with Crippen molar-refractivity contribution in [1.29, 1.82) is 0 Å². The zero-order valence-electron chi connectivity index (χ0n) is 18.8. The Morgan fingerprint density at radius 1 is 1.16 bits per heavy atom. The largest absolute Gasteiger partial charge is 0.486 e. The van der Waals surface area contributed by atoms with Crippen LogP contribution in [0.2, 0.25) is 0 Å². The van der Waals surface area contributed by atoms with Crippen LogP contribution in [0.4, 0.5) is 13.2 Å². The third kappa shape index (κ3) is 2.50. The van der Waals surface area contributed by atoms with Gasteiger partial charge >= 0.3 is 6.18 Å². The van der Waals surface area contributed by atoms with Crippen molar-refractivity contribution in [2.45, 2.75) is 77.7 Å². The molecule has 4 aliphatic rings. The minimum atomic E-state index is -4.61. The molecule has 2 aliphatic heterocycles. The second-order valence-corrected chi connectivity index (χ2v) is 11.0. The molecule has 0 bridgehead atoms. The molecule has 1 aromatic rings. The quantitative estimate of drug-likeness (QED) is 0.626. The van der Waals surface area contributed by atoms with E-state index in [2.05, 4.69) is 12.2 Å². The summed E-state index contributed by atoms with van der Waals surface area (Å²) in [5, 5.41) is 2.64. The molecule has 3 N–H and O–H groups in total. The number of carbonyl (C=O) groups is 2. The van der Waals surface area contributed by atoms with Gasteiger partial charge in [-0.2, -0.15) is 13.2 Å². The summed E-state index contributed by atoms with van der Waals surface area (Å²) in [6, 6.07) is 0.234. The van der Waals surface area contributed by atoms with Gasteiger partial charge in [-0.1, -0.05) is 27.7 Å². The second-order valence-electron chi connectivity index (χ2n) is 11.0. The SMILES string of the molecule is C[C@H]1CC[C@H]2C(C)(C)C(=O)C(N)C[C@]23Oc2c4c(cc(C(F)(F)F)c2C[C@]13C)C(=O)NC4. The van der Waals surface area contributed by atoms with Gasteiger partial charge in [-0.25, -0.2) is 0 Å². The maximum absolute atomic E-state index is 14.1. The van der Waals surface area contributed by atoms with Crippen LogP contribution < -0.4 is 15.8 Å². The number of ether oxygens (including phenoxy) is 1. The minimum absolute atomic E-state index is 0.0203. The first-order valence-corrected chi connectivity index (χ1v) is 11.3. The summed E-state index contributed by atoms with van der Waals surface area (Å²) in [7, 11) is 0. The van der Waals surface area contributed by atoms with E-state index in [1.165, 1.54) is 0 Å². The molecule has 5 nitrogen and oxygen atoms in total. The number of benzene rings is 1. The van der Waals surface area contributed by atoms with Gasteiger partial charge in [0.15, 0.2) is 5.78 Å². The smallest absolute Gasteiger partial charge is 0.416 e. The van der Waals surface area contributed by atoms with E-state index < -0.39 is 40.1 Å². The van der Waals surface area contributed by atoms with Crippen molar-refractivity contribution in [2.24, 2.45) is 28.4 Å². The third-order valence-corrected chi connectivity index (χ3v) is 9.16. The number of rotatable bonds is 0. The molecule has 0 radical (unpaired) electrons. The number of carbonyl (C=O) groups excluding carboxylic acids is 2. The lowest BCUT2D eigenvalue weighted by molar-refractivity contribution is -0.212. The minimum Gasteiger partial charge on any atom is -0.486 e. The van der Waals surface area contributed by atoms with E-state index in [0.29, 0.717) is 5.56 Å². The highest BCUT2D eigenvalue weighted by atomic mass is 19.4. The van der Waals surface area contributed by atoms with Crippen molar-refractivity contribution in [2.75, 3.05) is 0 Å². The number of nitrogens with two attached hydrogens (primary N) is 1. The van der Waals surface area contributed by atoms with Gasteiger partial charge in [-0.15, -0.1) is 0 Å². The van der Waals surface area contributed by atoms with Gasteiger partial charge < -0.3 is 15.8 Å². The number of amides is 1. The fourth-order valence-electron chi connectivity index (χ4n) is 7.21. The second kappa shape index (κ2) is 6.27. The number of hydrogen-bond acceptors (Lipinski definition) is 4. The van der Waals surface area contributed by atoms with Gasteiger partial charge in [-0.3, -0.25) is 9.59 Å². The standard InChI is InChI=1S/C24H29F3N2O3/c1-11-5-6-17-21(2,3)19(30)16(28)9-23(17)22(11,4)8-13-15(24(25,26)27)7-12-14(18(13)32-23)10-29-20(12)31/h7,11,16-17H,5-6,8-10,28H2,1-4H3,(H,29,31)/t11-,16?,17-,22+,23-/m0/s1. The van der Waals surface area contributed by atoms with Crippen molar-refractivity contribution < 1.29 is 27.5 Å². The predicted octanol–water partition coefficient (Wildman–Crippen LogP) is 4.00. The van der Waals surface area contributed by atoms with Crippen LogP contribution in [-0.2, 0) is 23.9 Å². The molecule has 5 atom stereocenters. The number of nitrogens with one attached hydrogen (secondary N) is 1. The third-order valence-electron chi connectivity index (χ3n) is 9.16. The predicted molar refractivity (Wildman–Crippen MR) is 111 cm³/mol. The molecule has 0 saturated heterocycles. The number of halogens is 3. The highest BCUT2D eigenvalue weighted by molar-refractivity contribution is 5.99. The summed E-state index contributed by atoms with van der Waals surface area (Å²) in [4.78, 5) is 25.3. The molecule has 2 fully saturated rings. The number of alkyl halides is 3. The zero-order chi connectivity index (χ0) is 23.4. The van der Waals surface area contributed by atoms with Gasteiger partial charge in [0.1, 0.15) is 11.4 Å². The van der Waals surface area contributed by atoms with E-state index in [0.717, 1.165) is 18.9 Å². The van der Waals surface area contributed by atoms with Gasteiger partial charge in [-0.05, 0) is 31.2 Å². The zero-order valence-corrected chi connectivity index (χ0v) is 18.8. The summed E-state index contributed by atoms with van der Waals surface area (Å²) in [6.45, 7) is 7.97. The van der Waals surface area contributed by atoms with Crippen LogP contribution in [0.5, 0.6) is 5.75 Å².